The van der Waals surface area contributed by atoms with E-state index in [2.05, 4.69) is 5.32 Å². The van der Waals surface area contributed by atoms with Gasteiger partial charge in [-0.3, -0.25) is 9.59 Å². The molecule has 2 N–H and O–H groups in total. The molecule has 7 nitrogen and oxygen atoms in total. The van der Waals surface area contributed by atoms with Gasteiger partial charge in [0.25, 0.3) is 11.8 Å². The lowest BCUT2D eigenvalue weighted by atomic mass is 10.1. The van der Waals surface area contributed by atoms with Gasteiger partial charge >= 0.3 is 5.97 Å². The fraction of sp³-hybridized carbons (Fsp3) is 0.438. The number of carbonyl (C=O) groups is 3. The molecule has 0 radical (unpaired) electrons. The SMILES string of the molecule is CCCNC(=O)c1cccc(C(=O)N2CCOCC2C(=O)O)c1. The number of benzene rings is 1. The Morgan fingerprint density at radius 1 is 1.35 bits per heavy atom. The Labute approximate surface area is 134 Å². The van der Waals surface area contributed by atoms with Gasteiger partial charge in [0.15, 0.2) is 6.04 Å². The molecular formula is C16H20N2O5. The third kappa shape index (κ3) is 4.07. The summed E-state index contributed by atoms with van der Waals surface area (Å²) in [6.07, 6.45) is 0.818. The lowest BCUT2D eigenvalue weighted by Gasteiger charge is -2.32. The van der Waals surface area contributed by atoms with Gasteiger partial charge in [0.05, 0.1) is 13.2 Å². The minimum atomic E-state index is -1.10. The molecule has 1 saturated heterocycles. The van der Waals surface area contributed by atoms with Crippen molar-refractivity contribution in [2.75, 3.05) is 26.3 Å². The molecule has 1 aromatic rings. The quantitative estimate of drug-likeness (QED) is 0.835. The Morgan fingerprint density at radius 2 is 2.09 bits per heavy atom. The second-order valence-electron chi connectivity index (χ2n) is 5.26. The number of amides is 2. The maximum Gasteiger partial charge on any atom is 0.328 e. The van der Waals surface area contributed by atoms with E-state index in [1.54, 1.807) is 18.2 Å². The molecule has 124 valence electrons. The van der Waals surface area contributed by atoms with Crippen LogP contribution in [0.2, 0.25) is 0 Å². The first-order valence-electron chi connectivity index (χ1n) is 7.54. The van der Waals surface area contributed by atoms with Crippen molar-refractivity contribution in [3.8, 4) is 0 Å². The zero-order chi connectivity index (χ0) is 16.8. The summed E-state index contributed by atoms with van der Waals surface area (Å²) in [7, 11) is 0. The number of carboxylic acids is 1. The molecule has 0 aliphatic carbocycles. The fourth-order valence-corrected chi connectivity index (χ4v) is 2.35. The van der Waals surface area contributed by atoms with E-state index in [1.165, 1.54) is 11.0 Å². The summed E-state index contributed by atoms with van der Waals surface area (Å²) in [4.78, 5) is 37.1. The summed E-state index contributed by atoms with van der Waals surface area (Å²) in [6, 6.07) is 5.29. The van der Waals surface area contributed by atoms with E-state index in [4.69, 9.17) is 4.74 Å². The number of rotatable bonds is 5. The molecular weight excluding hydrogens is 300 g/mol. The number of ether oxygens (including phenoxy) is 1. The smallest absolute Gasteiger partial charge is 0.328 e. The van der Waals surface area contributed by atoms with E-state index in [9.17, 15) is 19.5 Å². The molecule has 0 bridgehead atoms. The number of hydrogen-bond acceptors (Lipinski definition) is 4. The first-order valence-corrected chi connectivity index (χ1v) is 7.54. The van der Waals surface area contributed by atoms with Gasteiger partial charge in [0.1, 0.15) is 0 Å². The van der Waals surface area contributed by atoms with Crippen LogP contribution in [0.3, 0.4) is 0 Å². The minimum Gasteiger partial charge on any atom is -0.480 e. The van der Waals surface area contributed by atoms with Crippen LogP contribution < -0.4 is 5.32 Å². The molecule has 0 saturated carbocycles. The lowest BCUT2D eigenvalue weighted by Crippen LogP contribution is -2.52. The average molecular weight is 320 g/mol. The number of aliphatic carboxylic acids is 1. The lowest BCUT2D eigenvalue weighted by molar-refractivity contribution is -0.147. The second-order valence-corrected chi connectivity index (χ2v) is 5.26. The van der Waals surface area contributed by atoms with E-state index in [1.807, 2.05) is 6.92 Å². The monoisotopic (exact) mass is 320 g/mol. The van der Waals surface area contributed by atoms with Crippen molar-refractivity contribution in [1.82, 2.24) is 10.2 Å². The topological polar surface area (TPSA) is 95.9 Å². The number of hydrogen-bond donors (Lipinski definition) is 2. The highest BCUT2D eigenvalue weighted by molar-refractivity contribution is 6.00. The van der Waals surface area contributed by atoms with Crippen molar-refractivity contribution in [2.24, 2.45) is 0 Å². The minimum absolute atomic E-state index is 0.0300. The molecule has 2 amide bonds. The molecule has 1 fully saturated rings. The van der Waals surface area contributed by atoms with Crippen LogP contribution in [-0.4, -0.2) is 60.1 Å². The van der Waals surface area contributed by atoms with Crippen LogP contribution in [0.1, 0.15) is 34.1 Å². The Hall–Kier alpha value is -2.41. The number of nitrogens with one attached hydrogen (secondary N) is 1. The van der Waals surface area contributed by atoms with E-state index in [0.717, 1.165) is 6.42 Å². The highest BCUT2D eigenvalue weighted by atomic mass is 16.5. The second kappa shape index (κ2) is 7.73. The Bertz CT molecular complexity index is 602. The van der Waals surface area contributed by atoms with Crippen LogP contribution in [0.5, 0.6) is 0 Å². The molecule has 1 aliphatic rings. The maximum absolute atomic E-state index is 12.6. The van der Waals surface area contributed by atoms with Crippen molar-refractivity contribution >= 4 is 17.8 Å². The van der Waals surface area contributed by atoms with Gasteiger partial charge in [-0.05, 0) is 24.6 Å². The standard InChI is InChI=1S/C16H20N2O5/c1-2-6-17-14(19)11-4-3-5-12(9-11)15(20)18-7-8-23-10-13(18)16(21)22/h3-5,9,13H,2,6-8,10H2,1H3,(H,17,19)(H,21,22). The van der Waals surface area contributed by atoms with E-state index in [0.29, 0.717) is 24.3 Å². The number of carboxylic acid groups (broad SMARTS) is 1. The maximum atomic E-state index is 12.6. The highest BCUT2D eigenvalue weighted by Crippen LogP contribution is 2.14. The zero-order valence-corrected chi connectivity index (χ0v) is 12.9. The van der Waals surface area contributed by atoms with Gasteiger partial charge in [-0.2, -0.15) is 0 Å². The predicted octanol–water partition coefficient (Wildman–Crippen LogP) is 0.752. The molecule has 1 aliphatic heterocycles. The van der Waals surface area contributed by atoms with Crippen molar-refractivity contribution in [2.45, 2.75) is 19.4 Å². The van der Waals surface area contributed by atoms with Crippen molar-refractivity contribution < 1.29 is 24.2 Å². The number of nitrogens with zero attached hydrogens (tertiary/aromatic N) is 1. The van der Waals surface area contributed by atoms with E-state index in [-0.39, 0.29) is 19.1 Å². The first-order chi connectivity index (χ1) is 11.0. The van der Waals surface area contributed by atoms with Gasteiger partial charge in [0, 0.05) is 24.2 Å². The zero-order valence-electron chi connectivity index (χ0n) is 12.9. The van der Waals surface area contributed by atoms with E-state index < -0.39 is 17.9 Å². The van der Waals surface area contributed by atoms with Gasteiger partial charge in [-0.15, -0.1) is 0 Å². The number of carbonyl (C=O) groups excluding carboxylic acids is 2. The van der Waals surface area contributed by atoms with Crippen LogP contribution in [0, 0.1) is 0 Å². The fourth-order valence-electron chi connectivity index (χ4n) is 2.35. The highest BCUT2D eigenvalue weighted by Gasteiger charge is 2.33. The molecule has 2 rings (SSSR count). The number of morpholine rings is 1. The predicted molar refractivity (Wildman–Crippen MR) is 82.3 cm³/mol. The molecule has 1 aromatic carbocycles. The third-order valence-electron chi connectivity index (χ3n) is 3.58. The van der Waals surface area contributed by atoms with Crippen LogP contribution in [0.15, 0.2) is 24.3 Å². The summed E-state index contributed by atoms with van der Waals surface area (Å²) in [5.41, 5.74) is 0.673. The van der Waals surface area contributed by atoms with Gasteiger partial charge in [0.2, 0.25) is 0 Å². The van der Waals surface area contributed by atoms with Crippen molar-refractivity contribution in [3.63, 3.8) is 0 Å². The molecule has 1 heterocycles. The van der Waals surface area contributed by atoms with Crippen molar-refractivity contribution in [3.05, 3.63) is 35.4 Å². The van der Waals surface area contributed by atoms with Crippen molar-refractivity contribution in [1.29, 1.82) is 0 Å². The summed E-state index contributed by atoms with van der Waals surface area (Å²) in [6.45, 7) is 2.98. The van der Waals surface area contributed by atoms with Crippen LogP contribution >= 0.6 is 0 Å². The first kappa shape index (κ1) is 17.0. The Morgan fingerprint density at radius 3 is 2.78 bits per heavy atom. The normalized spacial score (nSPS) is 17.6. The van der Waals surface area contributed by atoms with Gasteiger partial charge < -0.3 is 20.1 Å². The third-order valence-corrected chi connectivity index (χ3v) is 3.58. The molecule has 0 aromatic heterocycles. The van der Waals surface area contributed by atoms with Gasteiger partial charge in [-0.1, -0.05) is 13.0 Å². The van der Waals surface area contributed by atoms with E-state index >= 15 is 0 Å². The molecule has 23 heavy (non-hydrogen) atoms. The summed E-state index contributed by atoms with van der Waals surface area (Å²) < 4.78 is 5.13. The Balaban J connectivity index is 2.18. The van der Waals surface area contributed by atoms with Crippen LogP contribution in [-0.2, 0) is 9.53 Å². The average Bonchev–Trinajstić information content (AvgIpc) is 2.59. The Kier molecular flexibility index (Phi) is 5.70. The molecule has 1 unspecified atom stereocenters. The largest absolute Gasteiger partial charge is 0.480 e. The summed E-state index contributed by atoms with van der Waals surface area (Å²) in [5.74, 6) is -1.76. The molecule has 0 spiro atoms. The summed E-state index contributed by atoms with van der Waals surface area (Å²) >= 11 is 0. The molecule has 7 heteroatoms. The van der Waals surface area contributed by atoms with Gasteiger partial charge in [-0.25, -0.2) is 4.79 Å². The summed E-state index contributed by atoms with van der Waals surface area (Å²) in [5, 5.41) is 11.9. The molecule has 1 atom stereocenters. The van der Waals surface area contributed by atoms with Crippen LogP contribution in [0.4, 0.5) is 0 Å². The van der Waals surface area contributed by atoms with Crippen LogP contribution in [0.25, 0.3) is 0 Å².